The van der Waals surface area contributed by atoms with Crippen LogP contribution >= 0.6 is 0 Å². The second-order valence-electron chi connectivity index (χ2n) is 4.82. The van der Waals surface area contributed by atoms with Gasteiger partial charge in [-0.05, 0) is 43.7 Å². The second-order valence-corrected chi connectivity index (χ2v) is 4.82. The van der Waals surface area contributed by atoms with Crippen LogP contribution in [0.1, 0.15) is 35.9 Å². The van der Waals surface area contributed by atoms with Crippen LogP contribution in [0, 0.1) is 6.92 Å². The molecule has 0 amide bonds. The van der Waals surface area contributed by atoms with Crippen molar-refractivity contribution in [3.8, 4) is 0 Å². The predicted octanol–water partition coefficient (Wildman–Crippen LogP) is 3.10. The summed E-state index contributed by atoms with van der Waals surface area (Å²) in [7, 11) is 0. The molecular weight excluding hydrogens is 234 g/mol. The van der Waals surface area contributed by atoms with Crippen LogP contribution in [0.25, 0.3) is 0 Å². The van der Waals surface area contributed by atoms with Gasteiger partial charge in [0.15, 0.2) is 0 Å². The molecule has 1 aromatic heterocycles. The molecule has 0 aliphatic heterocycles. The van der Waals surface area contributed by atoms with Crippen LogP contribution in [0.4, 0.5) is 5.82 Å². The van der Waals surface area contributed by atoms with Crippen LogP contribution < -0.4 is 5.73 Å². The lowest BCUT2D eigenvalue weighted by atomic mass is 10.1. The highest BCUT2D eigenvalue weighted by atomic mass is 14.9. The lowest BCUT2D eigenvalue weighted by Gasteiger charge is -1.99. The number of nitrogens with two attached hydrogens (primary N) is 1. The molecule has 0 saturated heterocycles. The minimum atomic E-state index is 0.558. The smallest absolute Gasteiger partial charge is 0.145 e. The first kappa shape index (κ1) is 13.5. The van der Waals surface area contributed by atoms with Crippen LogP contribution in [-0.4, -0.2) is 9.97 Å². The van der Waals surface area contributed by atoms with Gasteiger partial charge in [-0.3, -0.25) is 4.98 Å². The Kier molecular flexibility index (Phi) is 4.50. The Morgan fingerprint density at radius 3 is 2.32 bits per heavy atom. The number of anilines is 1. The van der Waals surface area contributed by atoms with Gasteiger partial charge in [-0.15, -0.1) is 0 Å². The fourth-order valence-corrected chi connectivity index (χ4v) is 2.31. The predicted molar refractivity (Wildman–Crippen MR) is 79.0 cm³/mol. The minimum absolute atomic E-state index is 0.558. The van der Waals surface area contributed by atoms with E-state index in [0.717, 1.165) is 17.8 Å². The van der Waals surface area contributed by atoms with Gasteiger partial charge in [0.25, 0.3) is 0 Å². The highest BCUT2D eigenvalue weighted by Crippen LogP contribution is 2.20. The Balaban J connectivity index is 0.000000141. The lowest BCUT2D eigenvalue weighted by Crippen LogP contribution is -2.00. The zero-order chi connectivity index (χ0) is 13.7. The van der Waals surface area contributed by atoms with E-state index in [9.17, 15) is 0 Å². The third-order valence-electron chi connectivity index (χ3n) is 3.35. The quantitative estimate of drug-likeness (QED) is 0.852. The summed E-state index contributed by atoms with van der Waals surface area (Å²) >= 11 is 0. The highest BCUT2D eigenvalue weighted by molar-refractivity contribution is 5.34. The summed E-state index contributed by atoms with van der Waals surface area (Å²) in [6, 6.07) is 8.74. The molecule has 0 spiro atoms. The van der Waals surface area contributed by atoms with E-state index in [2.05, 4.69) is 34.2 Å². The molecule has 2 N–H and O–H groups in total. The van der Waals surface area contributed by atoms with Crippen molar-refractivity contribution in [1.82, 2.24) is 9.97 Å². The molecule has 3 nitrogen and oxygen atoms in total. The Bertz CT molecular complexity index is 526. The first-order valence-corrected chi connectivity index (χ1v) is 6.85. The minimum Gasteiger partial charge on any atom is -0.382 e. The molecule has 1 aliphatic rings. The SMILES string of the molecule is CCc1ncc(C)nc1N.c1ccc2c(c1)CCC2. The van der Waals surface area contributed by atoms with Crippen molar-refractivity contribution in [3.05, 3.63) is 53.0 Å². The van der Waals surface area contributed by atoms with Crippen LogP contribution in [0.2, 0.25) is 0 Å². The molecular formula is C16H21N3. The normalized spacial score (nSPS) is 12.5. The van der Waals surface area contributed by atoms with Gasteiger partial charge in [0.05, 0.1) is 11.4 Å². The Hall–Kier alpha value is -1.90. The van der Waals surface area contributed by atoms with E-state index < -0.39 is 0 Å². The number of aromatic nitrogens is 2. The van der Waals surface area contributed by atoms with Gasteiger partial charge in [-0.1, -0.05) is 31.2 Å². The van der Waals surface area contributed by atoms with Gasteiger partial charge in [0, 0.05) is 6.20 Å². The number of benzene rings is 1. The molecule has 0 fully saturated rings. The fraction of sp³-hybridized carbons (Fsp3) is 0.375. The van der Waals surface area contributed by atoms with E-state index in [4.69, 9.17) is 5.73 Å². The molecule has 0 unspecified atom stereocenters. The molecule has 0 bridgehead atoms. The Morgan fingerprint density at radius 2 is 1.79 bits per heavy atom. The first-order chi connectivity index (χ1) is 9.20. The maximum atomic E-state index is 5.56. The van der Waals surface area contributed by atoms with Crippen LogP contribution in [0.15, 0.2) is 30.5 Å². The maximum Gasteiger partial charge on any atom is 0.145 e. The summed E-state index contributed by atoms with van der Waals surface area (Å²) in [5.74, 6) is 0.558. The van der Waals surface area contributed by atoms with E-state index in [1.807, 2.05) is 13.8 Å². The van der Waals surface area contributed by atoms with Crippen LogP contribution in [0.3, 0.4) is 0 Å². The van der Waals surface area contributed by atoms with E-state index in [1.54, 1.807) is 17.3 Å². The highest BCUT2D eigenvalue weighted by Gasteiger charge is 2.07. The average molecular weight is 255 g/mol. The summed E-state index contributed by atoms with van der Waals surface area (Å²) < 4.78 is 0. The van der Waals surface area contributed by atoms with E-state index in [0.29, 0.717) is 5.82 Å². The van der Waals surface area contributed by atoms with Gasteiger partial charge in [-0.25, -0.2) is 4.98 Å². The molecule has 0 saturated carbocycles. The topological polar surface area (TPSA) is 51.8 Å². The lowest BCUT2D eigenvalue weighted by molar-refractivity contribution is 0.912. The molecule has 1 aromatic carbocycles. The fourth-order valence-electron chi connectivity index (χ4n) is 2.31. The van der Waals surface area contributed by atoms with Crippen molar-refractivity contribution in [2.24, 2.45) is 0 Å². The van der Waals surface area contributed by atoms with Crippen molar-refractivity contribution in [1.29, 1.82) is 0 Å². The third-order valence-corrected chi connectivity index (χ3v) is 3.35. The molecule has 0 atom stereocenters. The van der Waals surface area contributed by atoms with Crippen LogP contribution in [0.5, 0.6) is 0 Å². The van der Waals surface area contributed by atoms with Crippen molar-refractivity contribution < 1.29 is 0 Å². The number of aryl methyl sites for hydroxylation is 4. The first-order valence-electron chi connectivity index (χ1n) is 6.85. The van der Waals surface area contributed by atoms with Crippen molar-refractivity contribution in [2.75, 3.05) is 5.73 Å². The third kappa shape index (κ3) is 3.53. The van der Waals surface area contributed by atoms with Gasteiger partial charge < -0.3 is 5.73 Å². The molecule has 19 heavy (non-hydrogen) atoms. The van der Waals surface area contributed by atoms with Crippen molar-refractivity contribution >= 4 is 5.82 Å². The summed E-state index contributed by atoms with van der Waals surface area (Å²) in [5, 5.41) is 0. The monoisotopic (exact) mass is 255 g/mol. The van der Waals surface area contributed by atoms with Crippen LogP contribution in [-0.2, 0) is 19.3 Å². The van der Waals surface area contributed by atoms with Gasteiger partial charge >= 0.3 is 0 Å². The molecule has 0 radical (unpaired) electrons. The number of hydrogen-bond acceptors (Lipinski definition) is 3. The summed E-state index contributed by atoms with van der Waals surface area (Å²) in [6.07, 6.45) is 6.54. The summed E-state index contributed by atoms with van der Waals surface area (Å²) in [4.78, 5) is 8.17. The van der Waals surface area contributed by atoms with Crippen molar-refractivity contribution in [3.63, 3.8) is 0 Å². The molecule has 1 aliphatic carbocycles. The molecule has 2 aromatic rings. The number of hydrogen-bond donors (Lipinski definition) is 1. The number of nitrogens with zero attached hydrogens (tertiary/aromatic N) is 2. The number of fused-ring (bicyclic) bond motifs is 1. The molecule has 3 heteroatoms. The zero-order valence-corrected chi connectivity index (χ0v) is 11.7. The van der Waals surface area contributed by atoms with Gasteiger partial charge in [0.1, 0.15) is 5.82 Å². The number of nitrogen functional groups attached to an aromatic ring is 1. The summed E-state index contributed by atoms with van der Waals surface area (Å²) in [5.41, 5.74) is 10.4. The second kappa shape index (κ2) is 6.32. The molecule has 3 rings (SSSR count). The van der Waals surface area contributed by atoms with E-state index in [1.165, 1.54) is 19.3 Å². The standard InChI is InChI=1S/C9H10.C7H11N3/c1-2-5-9-7-3-6-8(9)4-1;1-3-6-7(8)10-5(2)4-9-6/h1-2,4-5H,3,6-7H2;4H,3H2,1-2H3,(H2,8,10). The molecule has 1 heterocycles. The van der Waals surface area contributed by atoms with Crippen molar-refractivity contribution in [2.45, 2.75) is 39.5 Å². The number of rotatable bonds is 1. The maximum absolute atomic E-state index is 5.56. The zero-order valence-electron chi connectivity index (χ0n) is 11.7. The van der Waals surface area contributed by atoms with Gasteiger partial charge in [-0.2, -0.15) is 0 Å². The largest absolute Gasteiger partial charge is 0.382 e. The van der Waals surface area contributed by atoms with E-state index >= 15 is 0 Å². The van der Waals surface area contributed by atoms with E-state index in [-0.39, 0.29) is 0 Å². The molecule has 100 valence electrons. The Morgan fingerprint density at radius 1 is 1.16 bits per heavy atom. The summed E-state index contributed by atoms with van der Waals surface area (Å²) in [6.45, 7) is 3.89. The van der Waals surface area contributed by atoms with Gasteiger partial charge in [0.2, 0.25) is 0 Å². The Labute approximate surface area is 114 Å². The average Bonchev–Trinajstić information content (AvgIpc) is 2.88.